The number of aliphatic hydroxyl groups is 1. The van der Waals surface area contributed by atoms with Crippen molar-refractivity contribution in [2.75, 3.05) is 35.0 Å². The fourth-order valence-corrected chi connectivity index (χ4v) is 5.88. The largest absolute Gasteiger partial charge is 0.493 e. The molecule has 1 spiro atoms. The zero-order valence-corrected chi connectivity index (χ0v) is 21.4. The monoisotopic (exact) mass is 494 g/mol. The fourth-order valence-electron chi connectivity index (χ4n) is 5.88. The van der Waals surface area contributed by atoms with Gasteiger partial charge in [-0.1, -0.05) is 30.4 Å². The molecule has 2 aliphatic heterocycles. The normalized spacial score (nSPS) is 31.1. The molecule has 0 radical (unpaired) electrons. The van der Waals surface area contributed by atoms with Crippen LogP contribution in [-0.4, -0.2) is 57.6 Å². The molecule has 0 aromatic heterocycles. The van der Waals surface area contributed by atoms with Crippen molar-refractivity contribution in [2.24, 2.45) is 5.92 Å². The van der Waals surface area contributed by atoms with E-state index in [4.69, 9.17) is 28.4 Å². The van der Waals surface area contributed by atoms with Gasteiger partial charge in [0.2, 0.25) is 0 Å². The number of rotatable bonds is 7. The number of hydrogen-bond acceptors (Lipinski definition) is 7. The molecule has 1 aliphatic carbocycles. The maximum Gasteiger partial charge on any atom is 0.166 e. The maximum absolute atomic E-state index is 10.7. The summed E-state index contributed by atoms with van der Waals surface area (Å²) in [7, 11) is 6.55. The Bertz CT molecular complexity index is 1180. The summed E-state index contributed by atoms with van der Waals surface area (Å²) in [6.45, 7) is 2.23. The lowest BCUT2D eigenvalue weighted by atomic mass is 9.69. The summed E-state index contributed by atoms with van der Waals surface area (Å²) in [5.74, 6) is 1.69. The van der Waals surface area contributed by atoms with Gasteiger partial charge in [-0.25, -0.2) is 0 Å². The highest BCUT2D eigenvalue weighted by atomic mass is 16.7. The van der Waals surface area contributed by atoms with Crippen LogP contribution in [0.5, 0.6) is 23.0 Å². The first-order valence-corrected chi connectivity index (χ1v) is 12.2. The Hall–Kier alpha value is -3.00. The molecule has 5 atom stereocenters. The first-order chi connectivity index (χ1) is 17.3. The van der Waals surface area contributed by atoms with Crippen molar-refractivity contribution < 1.29 is 33.5 Å². The van der Waals surface area contributed by atoms with Crippen molar-refractivity contribution in [3.63, 3.8) is 0 Å². The zero-order valence-electron chi connectivity index (χ0n) is 21.4. The van der Waals surface area contributed by atoms with E-state index < -0.39 is 11.4 Å². The maximum atomic E-state index is 10.7. The van der Waals surface area contributed by atoms with Crippen LogP contribution in [0.3, 0.4) is 0 Å². The van der Waals surface area contributed by atoms with E-state index in [-0.39, 0.29) is 17.9 Å². The van der Waals surface area contributed by atoms with E-state index in [1.54, 1.807) is 35.4 Å². The van der Waals surface area contributed by atoms with Crippen molar-refractivity contribution >= 4 is 6.08 Å². The van der Waals surface area contributed by atoms with Crippen LogP contribution in [0.1, 0.15) is 36.8 Å². The molecule has 7 nitrogen and oxygen atoms in total. The molecule has 0 unspecified atom stereocenters. The van der Waals surface area contributed by atoms with Crippen molar-refractivity contribution in [3.05, 3.63) is 65.3 Å². The predicted octanol–water partition coefficient (Wildman–Crippen LogP) is 4.73. The number of allylic oxidation sites excluding steroid dienone is 2. The molecule has 2 saturated heterocycles. The van der Waals surface area contributed by atoms with Gasteiger partial charge in [-0.3, -0.25) is 0 Å². The fraction of sp³-hybridized carbons (Fsp3) is 0.448. The average molecular weight is 495 g/mol. The standard InChI is InChI=1S/C29H34O7/c1-28(30)16-27-29(36-28)15-20(8-6-18-7-10-23(31-2)25(12-18)33-4)22(14-21(29)17-35-27)19-9-11-24(32-3)26(13-19)34-5/h6-14,20,22,27,30H,15-17H2,1-5H3/b8-6+/t20-,22+,27+,28+,29+/m1/s1. The first kappa shape index (κ1) is 24.7. The molecule has 2 fully saturated rings. The van der Waals surface area contributed by atoms with Crippen LogP contribution >= 0.6 is 0 Å². The molecule has 2 aromatic carbocycles. The van der Waals surface area contributed by atoms with Gasteiger partial charge in [-0.2, -0.15) is 0 Å². The molecule has 5 rings (SSSR count). The minimum Gasteiger partial charge on any atom is -0.493 e. The Kier molecular flexibility index (Phi) is 6.49. The first-order valence-electron chi connectivity index (χ1n) is 12.2. The van der Waals surface area contributed by atoms with Crippen LogP contribution in [-0.2, 0) is 9.47 Å². The van der Waals surface area contributed by atoms with E-state index in [1.807, 2.05) is 30.3 Å². The third kappa shape index (κ3) is 4.25. The summed E-state index contributed by atoms with van der Waals surface area (Å²) >= 11 is 0. The van der Waals surface area contributed by atoms with Crippen LogP contribution in [0.4, 0.5) is 0 Å². The Morgan fingerprint density at radius 3 is 2.25 bits per heavy atom. The lowest BCUT2D eigenvalue weighted by molar-refractivity contribution is -0.205. The second-order valence-electron chi connectivity index (χ2n) is 9.84. The number of benzene rings is 2. The van der Waals surface area contributed by atoms with Crippen LogP contribution in [0.25, 0.3) is 6.08 Å². The van der Waals surface area contributed by atoms with Gasteiger partial charge in [0.25, 0.3) is 0 Å². The summed E-state index contributed by atoms with van der Waals surface area (Å²) in [4.78, 5) is 0. The molecular weight excluding hydrogens is 460 g/mol. The van der Waals surface area contributed by atoms with E-state index in [2.05, 4.69) is 24.3 Å². The van der Waals surface area contributed by atoms with Gasteiger partial charge in [0.15, 0.2) is 28.8 Å². The molecule has 192 valence electrons. The molecule has 2 aromatic rings. The number of methoxy groups -OCH3 is 4. The molecular formula is C29H34O7. The van der Waals surface area contributed by atoms with Crippen molar-refractivity contribution in [1.29, 1.82) is 0 Å². The molecule has 0 saturated carbocycles. The Labute approximate surface area is 212 Å². The van der Waals surface area contributed by atoms with Gasteiger partial charge in [0.1, 0.15) is 5.60 Å². The topological polar surface area (TPSA) is 75.6 Å². The van der Waals surface area contributed by atoms with E-state index in [0.29, 0.717) is 42.4 Å². The molecule has 0 amide bonds. The SMILES string of the molecule is COc1ccc(/C=C/[C@@H]2C[C@@]34O[C@](C)(O)C[C@@H]3OCC4=C[C@H]2c2ccc(OC)c(OC)c2)cc1OC. The third-order valence-electron chi connectivity index (χ3n) is 7.59. The van der Waals surface area contributed by atoms with Crippen LogP contribution in [0.2, 0.25) is 0 Å². The van der Waals surface area contributed by atoms with Gasteiger partial charge in [-0.15, -0.1) is 0 Å². The lowest BCUT2D eigenvalue weighted by Gasteiger charge is -2.40. The van der Waals surface area contributed by atoms with Gasteiger partial charge < -0.3 is 33.5 Å². The van der Waals surface area contributed by atoms with Gasteiger partial charge >= 0.3 is 0 Å². The quantitative estimate of drug-likeness (QED) is 0.558. The van der Waals surface area contributed by atoms with Crippen LogP contribution in [0.15, 0.2) is 54.1 Å². The highest BCUT2D eigenvalue weighted by molar-refractivity contribution is 5.57. The molecule has 3 aliphatic rings. The number of hydrogen-bond donors (Lipinski definition) is 1. The van der Waals surface area contributed by atoms with E-state index >= 15 is 0 Å². The minimum atomic E-state index is -1.21. The second kappa shape index (κ2) is 9.47. The molecule has 36 heavy (non-hydrogen) atoms. The Morgan fingerprint density at radius 2 is 1.56 bits per heavy atom. The summed E-state index contributed by atoms with van der Waals surface area (Å²) in [6, 6.07) is 11.9. The summed E-state index contributed by atoms with van der Waals surface area (Å²) < 4.78 is 34.4. The molecule has 2 heterocycles. The van der Waals surface area contributed by atoms with Crippen LogP contribution in [0, 0.1) is 5.92 Å². The summed E-state index contributed by atoms with van der Waals surface area (Å²) in [6.07, 6.45) is 7.57. The smallest absolute Gasteiger partial charge is 0.166 e. The highest BCUT2D eigenvalue weighted by Crippen LogP contribution is 2.56. The predicted molar refractivity (Wildman–Crippen MR) is 136 cm³/mol. The molecule has 1 N–H and O–H groups in total. The highest BCUT2D eigenvalue weighted by Gasteiger charge is 2.61. The van der Waals surface area contributed by atoms with Gasteiger partial charge in [-0.05, 0) is 60.2 Å². The lowest BCUT2D eigenvalue weighted by Crippen LogP contribution is -2.43. The Morgan fingerprint density at radius 1 is 0.889 bits per heavy atom. The van der Waals surface area contributed by atoms with E-state index in [9.17, 15) is 5.11 Å². The van der Waals surface area contributed by atoms with Crippen molar-refractivity contribution in [2.45, 2.75) is 43.2 Å². The van der Waals surface area contributed by atoms with E-state index in [0.717, 1.165) is 16.7 Å². The summed E-state index contributed by atoms with van der Waals surface area (Å²) in [5, 5.41) is 10.7. The summed E-state index contributed by atoms with van der Waals surface area (Å²) in [5.41, 5.74) is 2.60. The van der Waals surface area contributed by atoms with Gasteiger partial charge in [0.05, 0.1) is 41.2 Å². The molecule has 0 bridgehead atoms. The second-order valence-corrected chi connectivity index (χ2v) is 9.84. The molecule has 7 heteroatoms. The van der Waals surface area contributed by atoms with E-state index in [1.165, 1.54) is 0 Å². The Balaban J connectivity index is 1.55. The zero-order chi connectivity index (χ0) is 25.5. The number of ether oxygens (including phenoxy) is 6. The van der Waals surface area contributed by atoms with Crippen LogP contribution < -0.4 is 18.9 Å². The third-order valence-corrected chi connectivity index (χ3v) is 7.59. The van der Waals surface area contributed by atoms with Crippen molar-refractivity contribution in [1.82, 2.24) is 0 Å². The average Bonchev–Trinajstić information content (AvgIpc) is 3.34. The minimum absolute atomic E-state index is 0.0679. The van der Waals surface area contributed by atoms with Crippen molar-refractivity contribution in [3.8, 4) is 23.0 Å². The van der Waals surface area contributed by atoms with Gasteiger partial charge in [0, 0.05) is 12.3 Å².